The highest BCUT2D eigenvalue weighted by molar-refractivity contribution is 6.06. The molecule has 0 saturated carbocycles. The van der Waals surface area contributed by atoms with Crippen LogP contribution in [-0.2, 0) is 0 Å². The number of hydrogen-bond donors (Lipinski definition) is 2. The Labute approximate surface area is 168 Å². The van der Waals surface area contributed by atoms with Gasteiger partial charge in [0.15, 0.2) is 0 Å². The number of benzene rings is 1. The Kier molecular flexibility index (Phi) is 5.82. The van der Waals surface area contributed by atoms with Gasteiger partial charge in [-0.05, 0) is 50.2 Å². The van der Waals surface area contributed by atoms with Crippen LogP contribution in [0.2, 0.25) is 0 Å². The molecule has 1 amide bonds. The van der Waals surface area contributed by atoms with Gasteiger partial charge in [-0.3, -0.25) is 4.79 Å². The molecule has 1 aromatic carbocycles. The second-order valence-corrected chi connectivity index (χ2v) is 7.21. The zero-order chi connectivity index (χ0) is 20.2. The maximum atomic E-state index is 13.3. The molecule has 1 aliphatic heterocycles. The average Bonchev–Trinajstić information content (AvgIpc) is 3.12. The summed E-state index contributed by atoms with van der Waals surface area (Å²) in [6.07, 6.45) is 0.882. The fourth-order valence-electron chi connectivity index (χ4n) is 3.58. The Hall–Kier alpha value is -2.84. The van der Waals surface area contributed by atoms with E-state index >= 15 is 0 Å². The van der Waals surface area contributed by atoms with E-state index < -0.39 is 0 Å². The molecule has 1 saturated heterocycles. The molecular weight excluding hydrogens is 373 g/mol. The quantitative estimate of drug-likeness (QED) is 0.622. The molecular formula is C21H24FN5O2. The number of fused-ring (bicyclic) bond motifs is 1. The van der Waals surface area contributed by atoms with Crippen LogP contribution in [-0.4, -0.2) is 60.2 Å². The maximum Gasteiger partial charge on any atom is 0.259 e. The number of amides is 1. The Morgan fingerprint density at radius 2 is 2.03 bits per heavy atom. The van der Waals surface area contributed by atoms with Crippen LogP contribution in [0.15, 0.2) is 34.9 Å². The van der Waals surface area contributed by atoms with E-state index in [2.05, 4.69) is 25.7 Å². The molecule has 0 unspecified atom stereocenters. The van der Waals surface area contributed by atoms with E-state index in [4.69, 9.17) is 4.52 Å². The van der Waals surface area contributed by atoms with Crippen LogP contribution in [0.3, 0.4) is 0 Å². The molecule has 1 fully saturated rings. The molecule has 0 spiro atoms. The fraction of sp³-hybridized carbons (Fsp3) is 0.381. The number of carbonyl (C=O) groups excluding carboxylic acids is 1. The van der Waals surface area contributed by atoms with E-state index in [1.54, 1.807) is 25.1 Å². The van der Waals surface area contributed by atoms with Gasteiger partial charge < -0.3 is 20.1 Å². The predicted molar refractivity (Wildman–Crippen MR) is 108 cm³/mol. The molecule has 3 aromatic rings. The number of pyridine rings is 1. The minimum atomic E-state index is -0.326. The zero-order valence-electron chi connectivity index (χ0n) is 16.4. The molecule has 3 heterocycles. The van der Waals surface area contributed by atoms with Gasteiger partial charge in [0.1, 0.15) is 5.82 Å². The van der Waals surface area contributed by atoms with Crippen LogP contribution in [0.1, 0.15) is 22.5 Å². The molecule has 152 valence electrons. The Morgan fingerprint density at radius 1 is 1.28 bits per heavy atom. The number of nitrogens with one attached hydrogen (secondary N) is 2. The average molecular weight is 397 g/mol. The summed E-state index contributed by atoms with van der Waals surface area (Å²) in [7, 11) is 0. The molecule has 0 aliphatic carbocycles. The number of hydrogen-bond acceptors (Lipinski definition) is 6. The highest BCUT2D eigenvalue weighted by Crippen LogP contribution is 2.27. The third-order valence-corrected chi connectivity index (χ3v) is 5.15. The largest absolute Gasteiger partial charge is 0.352 e. The number of piperazine rings is 1. The van der Waals surface area contributed by atoms with Crippen LogP contribution < -0.4 is 10.6 Å². The number of halogens is 1. The summed E-state index contributed by atoms with van der Waals surface area (Å²) < 4.78 is 18.6. The molecule has 8 heteroatoms. The summed E-state index contributed by atoms with van der Waals surface area (Å²) in [5.41, 5.74) is 2.63. The van der Waals surface area contributed by atoms with Crippen molar-refractivity contribution in [1.29, 1.82) is 0 Å². The van der Waals surface area contributed by atoms with Gasteiger partial charge in [-0.2, -0.15) is 0 Å². The normalized spacial score (nSPS) is 15.0. The van der Waals surface area contributed by atoms with E-state index in [0.717, 1.165) is 39.1 Å². The molecule has 7 nitrogen and oxygen atoms in total. The molecule has 4 rings (SSSR count). The minimum Gasteiger partial charge on any atom is -0.352 e. The summed E-state index contributed by atoms with van der Waals surface area (Å²) in [5.74, 6) is -0.514. The van der Waals surface area contributed by atoms with Crippen molar-refractivity contribution in [2.75, 3.05) is 39.3 Å². The Morgan fingerprint density at radius 3 is 2.79 bits per heavy atom. The summed E-state index contributed by atoms with van der Waals surface area (Å²) in [5, 5.41) is 10.9. The first kappa shape index (κ1) is 19.5. The van der Waals surface area contributed by atoms with Crippen LogP contribution >= 0.6 is 0 Å². The van der Waals surface area contributed by atoms with Crippen molar-refractivity contribution >= 4 is 17.0 Å². The second-order valence-electron chi connectivity index (χ2n) is 7.21. The van der Waals surface area contributed by atoms with Gasteiger partial charge in [0.05, 0.1) is 22.3 Å². The van der Waals surface area contributed by atoms with Crippen LogP contribution in [0.25, 0.3) is 22.4 Å². The highest BCUT2D eigenvalue weighted by Gasteiger charge is 2.19. The van der Waals surface area contributed by atoms with E-state index in [1.165, 1.54) is 12.1 Å². The van der Waals surface area contributed by atoms with E-state index in [0.29, 0.717) is 40.2 Å². The first-order chi connectivity index (χ1) is 14.1. The van der Waals surface area contributed by atoms with Crippen LogP contribution in [0, 0.1) is 12.7 Å². The standard InChI is InChI=1S/C21H24FN5O2/c1-14-19-17(20(28)24-7-2-10-27-11-8-23-9-12-27)13-18(25-21(19)29-26-14)15-3-5-16(22)6-4-15/h3-6,13,23H,2,7-12H2,1H3,(H,24,28). The van der Waals surface area contributed by atoms with Crippen LogP contribution in [0.5, 0.6) is 0 Å². The number of carbonyl (C=O) groups is 1. The van der Waals surface area contributed by atoms with Crippen molar-refractivity contribution in [3.05, 3.63) is 47.4 Å². The first-order valence-corrected chi connectivity index (χ1v) is 9.86. The molecule has 0 bridgehead atoms. The lowest BCUT2D eigenvalue weighted by Gasteiger charge is -2.27. The summed E-state index contributed by atoms with van der Waals surface area (Å²) in [6.45, 7) is 7.44. The van der Waals surface area contributed by atoms with Gasteiger partial charge in [0, 0.05) is 38.3 Å². The third kappa shape index (κ3) is 4.44. The molecule has 29 heavy (non-hydrogen) atoms. The second kappa shape index (κ2) is 8.67. The molecule has 2 aromatic heterocycles. The summed E-state index contributed by atoms with van der Waals surface area (Å²) >= 11 is 0. The number of rotatable bonds is 6. The lowest BCUT2D eigenvalue weighted by atomic mass is 10.0. The molecule has 1 aliphatic rings. The van der Waals surface area contributed by atoms with Crippen molar-refractivity contribution in [2.45, 2.75) is 13.3 Å². The maximum absolute atomic E-state index is 13.3. The zero-order valence-corrected chi connectivity index (χ0v) is 16.4. The van der Waals surface area contributed by atoms with Gasteiger partial charge in [0.25, 0.3) is 11.6 Å². The molecule has 2 N–H and O–H groups in total. The number of nitrogens with zero attached hydrogens (tertiary/aromatic N) is 3. The van der Waals surface area contributed by atoms with Crippen molar-refractivity contribution < 1.29 is 13.7 Å². The number of aromatic nitrogens is 2. The summed E-state index contributed by atoms with van der Waals surface area (Å²) in [6, 6.07) is 7.70. The van der Waals surface area contributed by atoms with Gasteiger partial charge in [-0.15, -0.1) is 0 Å². The monoisotopic (exact) mass is 397 g/mol. The smallest absolute Gasteiger partial charge is 0.259 e. The van der Waals surface area contributed by atoms with E-state index in [1.807, 2.05) is 0 Å². The first-order valence-electron chi connectivity index (χ1n) is 9.86. The SMILES string of the molecule is Cc1noc2nc(-c3ccc(F)cc3)cc(C(=O)NCCCN3CCNCC3)c12. The van der Waals surface area contributed by atoms with Crippen molar-refractivity contribution in [3.63, 3.8) is 0 Å². The van der Waals surface area contributed by atoms with E-state index in [9.17, 15) is 9.18 Å². The predicted octanol–water partition coefficient (Wildman–Crippen LogP) is 2.36. The third-order valence-electron chi connectivity index (χ3n) is 5.15. The summed E-state index contributed by atoms with van der Waals surface area (Å²) in [4.78, 5) is 19.8. The van der Waals surface area contributed by atoms with Crippen molar-refractivity contribution in [2.24, 2.45) is 0 Å². The van der Waals surface area contributed by atoms with Gasteiger partial charge in [-0.25, -0.2) is 9.37 Å². The highest BCUT2D eigenvalue weighted by atomic mass is 19.1. The van der Waals surface area contributed by atoms with Gasteiger partial charge in [-0.1, -0.05) is 5.16 Å². The lowest BCUT2D eigenvalue weighted by molar-refractivity contribution is 0.0952. The topological polar surface area (TPSA) is 83.3 Å². The van der Waals surface area contributed by atoms with Crippen LogP contribution in [0.4, 0.5) is 4.39 Å². The molecule has 0 atom stereocenters. The van der Waals surface area contributed by atoms with Crippen molar-refractivity contribution in [1.82, 2.24) is 25.7 Å². The van der Waals surface area contributed by atoms with Gasteiger partial charge >= 0.3 is 0 Å². The molecule has 0 radical (unpaired) electrons. The minimum absolute atomic E-state index is 0.188. The number of aryl methyl sites for hydroxylation is 1. The lowest BCUT2D eigenvalue weighted by Crippen LogP contribution is -2.44. The van der Waals surface area contributed by atoms with E-state index in [-0.39, 0.29) is 11.7 Å². The Bertz CT molecular complexity index is 996. The van der Waals surface area contributed by atoms with Gasteiger partial charge in [0.2, 0.25) is 0 Å². The Balaban J connectivity index is 1.51. The van der Waals surface area contributed by atoms with Crippen molar-refractivity contribution in [3.8, 4) is 11.3 Å². The fourth-order valence-corrected chi connectivity index (χ4v) is 3.58.